The molecular weight excluding hydrogens is 194 g/mol. The molecule has 15 heavy (non-hydrogen) atoms. The van der Waals surface area contributed by atoms with Crippen molar-refractivity contribution >= 4 is 5.97 Å². The van der Waals surface area contributed by atoms with Gasteiger partial charge in [0.25, 0.3) is 0 Å². The molecule has 1 saturated heterocycles. The summed E-state index contributed by atoms with van der Waals surface area (Å²) < 4.78 is 10.3. The van der Waals surface area contributed by atoms with E-state index in [-0.39, 0.29) is 5.97 Å². The van der Waals surface area contributed by atoms with Crippen LogP contribution >= 0.6 is 0 Å². The molecule has 0 bridgehead atoms. The first-order valence-electron chi connectivity index (χ1n) is 5.65. The molecule has 0 aromatic heterocycles. The van der Waals surface area contributed by atoms with E-state index in [0.717, 1.165) is 19.6 Å². The van der Waals surface area contributed by atoms with Crippen LogP contribution in [0, 0.1) is 5.92 Å². The smallest absolute Gasteiger partial charge is 0.307 e. The molecule has 0 aromatic carbocycles. The van der Waals surface area contributed by atoms with Gasteiger partial charge < -0.3 is 14.8 Å². The maximum atomic E-state index is 11.3. The molecule has 1 rings (SSSR count). The summed E-state index contributed by atoms with van der Waals surface area (Å²) in [6.45, 7) is 6.86. The number of nitrogens with one attached hydrogen (secondary N) is 1. The van der Waals surface area contributed by atoms with Crippen LogP contribution in [0.3, 0.4) is 0 Å². The molecule has 1 aliphatic rings. The fourth-order valence-corrected chi connectivity index (χ4v) is 1.46. The van der Waals surface area contributed by atoms with Gasteiger partial charge in [-0.2, -0.15) is 0 Å². The summed E-state index contributed by atoms with van der Waals surface area (Å²) in [4.78, 5) is 11.3. The second-order valence-corrected chi connectivity index (χ2v) is 4.27. The van der Waals surface area contributed by atoms with Crippen molar-refractivity contribution in [2.45, 2.75) is 32.7 Å². The van der Waals surface area contributed by atoms with Gasteiger partial charge in [0, 0.05) is 25.1 Å². The van der Waals surface area contributed by atoms with Crippen LogP contribution in [0.4, 0.5) is 0 Å². The second kappa shape index (κ2) is 6.80. The molecule has 88 valence electrons. The predicted molar refractivity (Wildman–Crippen MR) is 57.6 cm³/mol. The van der Waals surface area contributed by atoms with Crippen LogP contribution < -0.4 is 5.32 Å². The van der Waals surface area contributed by atoms with Crippen molar-refractivity contribution in [2.24, 2.45) is 5.92 Å². The van der Waals surface area contributed by atoms with Crippen molar-refractivity contribution in [3.8, 4) is 0 Å². The van der Waals surface area contributed by atoms with E-state index >= 15 is 0 Å². The zero-order valence-electron chi connectivity index (χ0n) is 9.62. The van der Waals surface area contributed by atoms with Gasteiger partial charge in [0.1, 0.15) is 0 Å². The van der Waals surface area contributed by atoms with Crippen LogP contribution in [0.1, 0.15) is 26.7 Å². The molecule has 4 heteroatoms. The summed E-state index contributed by atoms with van der Waals surface area (Å²) in [5, 5.41) is 3.18. The molecule has 0 spiro atoms. The van der Waals surface area contributed by atoms with Gasteiger partial charge in [-0.3, -0.25) is 4.79 Å². The number of rotatable bonds is 6. The van der Waals surface area contributed by atoms with Crippen LogP contribution in [-0.4, -0.2) is 38.4 Å². The summed E-state index contributed by atoms with van der Waals surface area (Å²) in [6, 6.07) is 0.418. The van der Waals surface area contributed by atoms with Crippen LogP contribution in [0.2, 0.25) is 0 Å². The Morgan fingerprint density at radius 2 is 2.40 bits per heavy atom. The minimum atomic E-state index is -0.116. The second-order valence-electron chi connectivity index (χ2n) is 4.27. The minimum absolute atomic E-state index is 0.116. The van der Waals surface area contributed by atoms with Crippen LogP contribution in [0.15, 0.2) is 0 Å². The molecule has 1 aliphatic heterocycles. The maximum absolute atomic E-state index is 11.3. The SMILES string of the molecule is CC(C)NCCC(=O)OCC1CCOC1. The fourth-order valence-electron chi connectivity index (χ4n) is 1.46. The Hall–Kier alpha value is -0.610. The van der Waals surface area contributed by atoms with Gasteiger partial charge in [0.2, 0.25) is 0 Å². The van der Waals surface area contributed by atoms with E-state index in [1.807, 2.05) is 0 Å². The van der Waals surface area contributed by atoms with Gasteiger partial charge >= 0.3 is 5.97 Å². The third-order valence-corrected chi connectivity index (χ3v) is 2.39. The molecule has 1 heterocycles. The lowest BCUT2D eigenvalue weighted by Crippen LogP contribution is -2.26. The fraction of sp³-hybridized carbons (Fsp3) is 0.909. The van der Waals surface area contributed by atoms with E-state index in [0.29, 0.717) is 31.5 Å². The molecular formula is C11H21NO3. The van der Waals surface area contributed by atoms with Crippen LogP contribution in [0.5, 0.6) is 0 Å². The zero-order chi connectivity index (χ0) is 11.1. The monoisotopic (exact) mass is 215 g/mol. The molecule has 1 N–H and O–H groups in total. The number of hydrogen-bond donors (Lipinski definition) is 1. The zero-order valence-corrected chi connectivity index (χ0v) is 9.62. The topological polar surface area (TPSA) is 47.6 Å². The van der Waals surface area contributed by atoms with Gasteiger partial charge in [-0.25, -0.2) is 0 Å². The highest BCUT2D eigenvalue weighted by molar-refractivity contribution is 5.69. The van der Waals surface area contributed by atoms with Crippen LogP contribution in [-0.2, 0) is 14.3 Å². The number of carbonyl (C=O) groups excluding carboxylic acids is 1. The van der Waals surface area contributed by atoms with E-state index in [4.69, 9.17) is 9.47 Å². The Bertz CT molecular complexity index is 188. The first kappa shape index (κ1) is 12.5. The predicted octanol–water partition coefficient (Wildman–Crippen LogP) is 0.954. The summed E-state index contributed by atoms with van der Waals surface area (Å²) in [6.07, 6.45) is 1.46. The Kier molecular flexibility index (Phi) is 5.65. The first-order chi connectivity index (χ1) is 7.18. The van der Waals surface area contributed by atoms with E-state index in [1.54, 1.807) is 0 Å². The molecule has 0 aliphatic carbocycles. The molecule has 0 radical (unpaired) electrons. The van der Waals surface area contributed by atoms with Gasteiger partial charge in [-0.05, 0) is 6.42 Å². The highest BCUT2D eigenvalue weighted by Crippen LogP contribution is 2.12. The minimum Gasteiger partial charge on any atom is -0.465 e. The van der Waals surface area contributed by atoms with Gasteiger partial charge in [0.15, 0.2) is 0 Å². The van der Waals surface area contributed by atoms with Crippen molar-refractivity contribution in [1.29, 1.82) is 0 Å². The largest absolute Gasteiger partial charge is 0.465 e. The average molecular weight is 215 g/mol. The third kappa shape index (κ3) is 5.74. The quantitative estimate of drug-likeness (QED) is 0.670. The normalized spacial score (nSPS) is 20.9. The third-order valence-electron chi connectivity index (χ3n) is 2.39. The van der Waals surface area contributed by atoms with Crippen molar-refractivity contribution in [3.63, 3.8) is 0 Å². The maximum Gasteiger partial charge on any atom is 0.307 e. The number of esters is 1. The standard InChI is InChI=1S/C11H21NO3/c1-9(2)12-5-3-11(13)15-8-10-4-6-14-7-10/h9-10,12H,3-8H2,1-2H3. The van der Waals surface area contributed by atoms with E-state index in [9.17, 15) is 4.79 Å². The first-order valence-corrected chi connectivity index (χ1v) is 5.65. The Balaban J connectivity index is 1.98. The summed E-state index contributed by atoms with van der Waals surface area (Å²) in [5.41, 5.74) is 0. The lowest BCUT2D eigenvalue weighted by Gasteiger charge is -2.10. The van der Waals surface area contributed by atoms with Gasteiger partial charge in [0.05, 0.1) is 19.6 Å². The number of hydrogen-bond acceptors (Lipinski definition) is 4. The highest BCUT2D eigenvalue weighted by atomic mass is 16.5. The number of carbonyl (C=O) groups is 1. The van der Waals surface area contributed by atoms with Crippen molar-refractivity contribution in [2.75, 3.05) is 26.4 Å². The van der Waals surface area contributed by atoms with Crippen molar-refractivity contribution in [3.05, 3.63) is 0 Å². The van der Waals surface area contributed by atoms with Crippen molar-refractivity contribution in [1.82, 2.24) is 5.32 Å². The van der Waals surface area contributed by atoms with Gasteiger partial charge in [-0.1, -0.05) is 13.8 Å². The van der Waals surface area contributed by atoms with E-state index in [1.165, 1.54) is 0 Å². The van der Waals surface area contributed by atoms with Gasteiger partial charge in [-0.15, -0.1) is 0 Å². The molecule has 1 unspecified atom stereocenters. The highest BCUT2D eigenvalue weighted by Gasteiger charge is 2.17. The Morgan fingerprint density at radius 1 is 1.60 bits per heavy atom. The summed E-state index contributed by atoms with van der Waals surface area (Å²) >= 11 is 0. The summed E-state index contributed by atoms with van der Waals surface area (Å²) in [7, 11) is 0. The lowest BCUT2D eigenvalue weighted by molar-refractivity contribution is -0.144. The lowest BCUT2D eigenvalue weighted by atomic mass is 10.1. The molecule has 4 nitrogen and oxygen atoms in total. The molecule has 1 fully saturated rings. The van der Waals surface area contributed by atoms with Crippen LogP contribution in [0.25, 0.3) is 0 Å². The Morgan fingerprint density at radius 3 is 3.00 bits per heavy atom. The van der Waals surface area contributed by atoms with E-state index < -0.39 is 0 Å². The number of ether oxygens (including phenoxy) is 2. The molecule has 0 aromatic rings. The van der Waals surface area contributed by atoms with E-state index in [2.05, 4.69) is 19.2 Å². The summed E-state index contributed by atoms with van der Waals surface area (Å²) in [5.74, 6) is 0.294. The Labute approximate surface area is 91.3 Å². The van der Waals surface area contributed by atoms with Crippen molar-refractivity contribution < 1.29 is 14.3 Å². The molecule has 1 atom stereocenters. The molecule has 0 saturated carbocycles. The average Bonchev–Trinajstić information content (AvgIpc) is 2.66. The molecule has 0 amide bonds.